The number of hydrogen-bond acceptors (Lipinski definition) is 5. The number of methoxy groups -OCH3 is 1. The van der Waals surface area contributed by atoms with Gasteiger partial charge in [0.1, 0.15) is 12.1 Å². The first kappa shape index (κ1) is 13.8. The third kappa shape index (κ3) is 3.91. The predicted molar refractivity (Wildman–Crippen MR) is 73.0 cm³/mol. The van der Waals surface area contributed by atoms with Crippen molar-refractivity contribution in [2.75, 3.05) is 19.0 Å². The molecule has 104 valence electrons. The van der Waals surface area contributed by atoms with Crippen LogP contribution in [0.4, 0.5) is 5.82 Å². The fourth-order valence-corrected chi connectivity index (χ4v) is 2.39. The molecule has 5 nitrogen and oxygen atoms in total. The SMILES string of the molecule is COC(=O)CCCCCNc1ncnc2c1CCC2. The zero-order valence-corrected chi connectivity index (χ0v) is 11.4. The molecule has 19 heavy (non-hydrogen) atoms. The summed E-state index contributed by atoms with van der Waals surface area (Å²) < 4.78 is 4.60. The van der Waals surface area contributed by atoms with Crippen molar-refractivity contribution >= 4 is 11.8 Å². The number of aryl methyl sites for hydroxylation is 1. The smallest absolute Gasteiger partial charge is 0.305 e. The molecule has 1 aliphatic carbocycles. The van der Waals surface area contributed by atoms with Gasteiger partial charge in [-0.25, -0.2) is 9.97 Å². The normalized spacial score (nSPS) is 13.1. The molecule has 0 unspecified atom stereocenters. The summed E-state index contributed by atoms with van der Waals surface area (Å²) in [6, 6.07) is 0. The highest BCUT2D eigenvalue weighted by atomic mass is 16.5. The number of esters is 1. The van der Waals surface area contributed by atoms with Crippen LogP contribution in [0.5, 0.6) is 0 Å². The lowest BCUT2D eigenvalue weighted by molar-refractivity contribution is -0.140. The van der Waals surface area contributed by atoms with E-state index >= 15 is 0 Å². The Balaban J connectivity index is 1.66. The van der Waals surface area contributed by atoms with Crippen molar-refractivity contribution in [3.05, 3.63) is 17.6 Å². The van der Waals surface area contributed by atoms with Gasteiger partial charge in [-0.05, 0) is 32.1 Å². The van der Waals surface area contributed by atoms with E-state index in [-0.39, 0.29) is 5.97 Å². The molecule has 2 rings (SSSR count). The Morgan fingerprint density at radius 2 is 2.21 bits per heavy atom. The van der Waals surface area contributed by atoms with E-state index in [1.54, 1.807) is 6.33 Å². The van der Waals surface area contributed by atoms with Crippen LogP contribution in [0.2, 0.25) is 0 Å². The van der Waals surface area contributed by atoms with Gasteiger partial charge < -0.3 is 10.1 Å². The minimum atomic E-state index is -0.124. The molecule has 0 saturated carbocycles. The van der Waals surface area contributed by atoms with Gasteiger partial charge in [0, 0.05) is 24.2 Å². The van der Waals surface area contributed by atoms with Crippen LogP contribution in [0, 0.1) is 0 Å². The number of anilines is 1. The molecule has 1 aromatic heterocycles. The average Bonchev–Trinajstić information content (AvgIpc) is 2.91. The lowest BCUT2D eigenvalue weighted by atomic mass is 10.2. The van der Waals surface area contributed by atoms with Gasteiger partial charge in [0.15, 0.2) is 0 Å². The van der Waals surface area contributed by atoms with Crippen LogP contribution in [-0.2, 0) is 22.4 Å². The van der Waals surface area contributed by atoms with Crippen molar-refractivity contribution in [3.63, 3.8) is 0 Å². The monoisotopic (exact) mass is 263 g/mol. The molecule has 1 aliphatic rings. The maximum absolute atomic E-state index is 10.9. The quantitative estimate of drug-likeness (QED) is 0.603. The molecule has 1 N–H and O–H groups in total. The summed E-state index contributed by atoms with van der Waals surface area (Å²) in [6.45, 7) is 0.893. The number of rotatable bonds is 7. The second-order valence-electron chi connectivity index (χ2n) is 4.81. The van der Waals surface area contributed by atoms with E-state index in [2.05, 4.69) is 20.0 Å². The van der Waals surface area contributed by atoms with Gasteiger partial charge in [-0.15, -0.1) is 0 Å². The van der Waals surface area contributed by atoms with Gasteiger partial charge in [-0.1, -0.05) is 6.42 Å². The molecular weight excluding hydrogens is 242 g/mol. The fraction of sp³-hybridized carbons (Fsp3) is 0.643. The molecule has 1 heterocycles. The summed E-state index contributed by atoms with van der Waals surface area (Å²) in [5.41, 5.74) is 2.49. The average molecular weight is 263 g/mol. The van der Waals surface area contributed by atoms with Crippen LogP contribution in [-0.4, -0.2) is 29.6 Å². The maximum atomic E-state index is 10.9. The number of fused-ring (bicyclic) bond motifs is 1. The van der Waals surface area contributed by atoms with Crippen LogP contribution in [0.15, 0.2) is 6.33 Å². The Morgan fingerprint density at radius 1 is 1.32 bits per heavy atom. The van der Waals surface area contributed by atoms with Crippen molar-refractivity contribution in [2.45, 2.75) is 44.9 Å². The number of unbranched alkanes of at least 4 members (excludes halogenated alkanes) is 2. The number of ether oxygens (including phenoxy) is 1. The highest BCUT2D eigenvalue weighted by Gasteiger charge is 2.16. The first-order valence-corrected chi connectivity index (χ1v) is 6.94. The Hall–Kier alpha value is -1.65. The number of nitrogens with zero attached hydrogens (tertiary/aromatic N) is 2. The van der Waals surface area contributed by atoms with Crippen molar-refractivity contribution in [1.29, 1.82) is 0 Å². The Morgan fingerprint density at radius 3 is 3.05 bits per heavy atom. The van der Waals surface area contributed by atoms with Gasteiger partial charge in [0.2, 0.25) is 0 Å². The summed E-state index contributed by atoms with van der Waals surface area (Å²) in [6.07, 6.45) is 8.44. The number of hydrogen-bond donors (Lipinski definition) is 1. The molecule has 0 bridgehead atoms. The maximum Gasteiger partial charge on any atom is 0.305 e. The summed E-state index contributed by atoms with van der Waals surface area (Å²) >= 11 is 0. The summed E-state index contributed by atoms with van der Waals surface area (Å²) in [4.78, 5) is 19.6. The molecule has 0 saturated heterocycles. The predicted octanol–water partition coefficient (Wildman–Crippen LogP) is 2.11. The third-order valence-corrected chi connectivity index (χ3v) is 3.45. The van der Waals surface area contributed by atoms with E-state index in [1.165, 1.54) is 24.8 Å². The standard InChI is InChI=1S/C14H21N3O2/c1-19-13(18)8-3-2-4-9-15-14-11-6-5-7-12(11)16-10-17-14/h10H,2-9H2,1H3,(H,15,16,17). The van der Waals surface area contributed by atoms with E-state index in [0.717, 1.165) is 44.5 Å². The largest absolute Gasteiger partial charge is 0.469 e. The zero-order chi connectivity index (χ0) is 13.5. The second-order valence-corrected chi connectivity index (χ2v) is 4.81. The van der Waals surface area contributed by atoms with Crippen molar-refractivity contribution < 1.29 is 9.53 Å². The lowest BCUT2D eigenvalue weighted by Gasteiger charge is -2.09. The zero-order valence-electron chi connectivity index (χ0n) is 11.4. The summed E-state index contributed by atoms with van der Waals surface area (Å²) in [5, 5.41) is 3.38. The molecule has 5 heteroatoms. The first-order valence-electron chi connectivity index (χ1n) is 6.94. The lowest BCUT2D eigenvalue weighted by Crippen LogP contribution is -2.07. The molecule has 0 aromatic carbocycles. The van der Waals surface area contributed by atoms with Crippen LogP contribution >= 0.6 is 0 Å². The molecule has 1 aromatic rings. The van der Waals surface area contributed by atoms with Crippen molar-refractivity contribution in [1.82, 2.24) is 9.97 Å². The molecule has 0 radical (unpaired) electrons. The van der Waals surface area contributed by atoms with Crippen LogP contribution in [0.3, 0.4) is 0 Å². The molecule has 0 atom stereocenters. The molecule has 0 aliphatic heterocycles. The van der Waals surface area contributed by atoms with E-state index in [9.17, 15) is 4.79 Å². The van der Waals surface area contributed by atoms with Crippen molar-refractivity contribution in [2.24, 2.45) is 0 Å². The topological polar surface area (TPSA) is 64.1 Å². The molecular formula is C14H21N3O2. The van der Waals surface area contributed by atoms with Crippen LogP contribution < -0.4 is 5.32 Å². The minimum Gasteiger partial charge on any atom is -0.469 e. The number of carbonyl (C=O) groups is 1. The van der Waals surface area contributed by atoms with E-state index in [1.807, 2.05) is 0 Å². The molecule has 0 spiro atoms. The van der Waals surface area contributed by atoms with Gasteiger partial charge in [0.05, 0.1) is 7.11 Å². The molecule has 0 fully saturated rings. The minimum absolute atomic E-state index is 0.124. The van der Waals surface area contributed by atoms with E-state index in [0.29, 0.717) is 6.42 Å². The van der Waals surface area contributed by atoms with Crippen LogP contribution in [0.1, 0.15) is 43.4 Å². The highest BCUT2D eigenvalue weighted by Crippen LogP contribution is 2.24. The van der Waals surface area contributed by atoms with Gasteiger partial charge in [0.25, 0.3) is 0 Å². The number of aromatic nitrogens is 2. The second kappa shape index (κ2) is 7.07. The van der Waals surface area contributed by atoms with E-state index in [4.69, 9.17) is 0 Å². The van der Waals surface area contributed by atoms with Gasteiger partial charge in [-0.2, -0.15) is 0 Å². The number of carbonyl (C=O) groups excluding carboxylic acids is 1. The Kier molecular flexibility index (Phi) is 5.12. The first-order chi connectivity index (χ1) is 9.31. The van der Waals surface area contributed by atoms with Crippen LogP contribution in [0.25, 0.3) is 0 Å². The van der Waals surface area contributed by atoms with E-state index < -0.39 is 0 Å². The third-order valence-electron chi connectivity index (χ3n) is 3.45. The summed E-state index contributed by atoms with van der Waals surface area (Å²) in [7, 11) is 1.43. The highest BCUT2D eigenvalue weighted by molar-refractivity contribution is 5.68. The number of nitrogens with one attached hydrogen (secondary N) is 1. The summed E-state index contributed by atoms with van der Waals surface area (Å²) in [5.74, 6) is 0.872. The fourth-order valence-electron chi connectivity index (χ4n) is 2.39. The Labute approximate surface area is 113 Å². The van der Waals surface area contributed by atoms with Gasteiger partial charge >= 0.3 is 5.97 Å². The van der Waals surface area contributed by atoms with Crippen molar-refractivity contribution in [3.8, 4) is 0 Å². The van der Waals surface area contributed by atoms with Gasteiger partial charge in [-0.3, -0.25) is 4.79 Å². The Bertz CT molecular complexity index is 435. The molecule has 0 amide bonds.